The van der Waals surface area contributed by atoms with Gasteiger partial charge in [-0.25, -0.2) is 13.6 Å². The van der Waals surface area contributed by atoms with E-state index in [2.05, 4.69) is 5.32 Å². The predicted octanol–water partition coefficient (Wildman–Crippen LogP) is 0.924. The van der Waals surface area contributed by atoms with Gasteiger partial charge in [0.25, 0.3) is 0 Å². The summed E-state index contributed by atoms with van der Waals surface area (Å²) in [6.07, 6.45) is 0. The number of nitrogens with two attached hydrogens (primary N) is 1. The van der Waals surface area contributed by atoms with Crippen LogP contribution in [0.25, 0.3) is 0 Å². The van der Waals surface area contributed by atoms with E-state index >= 15 is 0 Å². The van der Waals surface area contributed by atoms with Gasteiger partial charge in [0.2, 0.25) is 15.9 Å². The number of benzene rings is 1. The first-order chi connectivity index (χ1) is 8.16. The Kier molecular flexibility index (Phi) is 4.37. The number of hydrogen-bond acceptors (Lipinski definition) is 3. The van der Waals surface area contributed by atoms with Gasteiger partial charge in [-0.1, -0.05) is 12.1 Å². The predicted molar refractivity (Wildman–Crippen MR) is 69.7 cm³/mol. The van der Waals surface area contributed by atoms with Crippen LogP contribution in [-0.2, 0) is 20.4 Å². The molecule has 0 spiro atoms. The van der Waals surface area contributed by atoms with Crippen LogP contribution in [0.3, 0.4) is 0 Å². The number of carbonyl (C=O) groups is 1. The summed E-state index contributed by atoms with van der Waals surface area (Å²) in [5.41, 5.74) is 0.122. The summed E-state index contributed by atoms with van der Waals surface area (Å²) >= 11 is 5.42. The minimum atomic E-state index is -3.70. The molecule has 1 aromatic carbocycles. The molecule has 0 aromatic heterocycles. The molecule has 1 rings (SSSR count). The molecule has 5 nitrogen and oxygen atoms in total. The van der Waals surface area contributed by atoms with Gasteiger partial charge in [-0.2, -0.15) is 0 Å². The Morgan fingerprint density at radius 3 is 2.22 bits per heavy atom. The van der Waals surface area contributed by atoms with Crippen molar-refractivity contribution in [2.45, 2.75) is 24.3 Å². The van der Waals surface area contributed by atoms with Gasteiger partial charge >= 0.3 is 0 Å². The minimum Gasteiger partial charge on any atom is -0.346 e. The van der Waals surface area contributed by atoms with Crippen LogP contribution in [0.4, 0.5) is 0 Å². The van der Waals surface area contributed by atoms with Crippen LogP contribution >= 0.6 is 11.6 Å². The first-order valence-electron chi connectivity index (χ1n) is 5.17. The van der Waals surface area contributed by atoms with Crippen molar-refractivity contribution in [1.29, 1.82) is 0 Å². The molecule has 18 heavy (non-hydrogen) atoms. The Morgan fingerprint density at radius 1 is 1.33 bits per heavy atom. The van der Waals surface area contributed by atoms with Gasteiger partial charge in [0.15, 0.2) is 0 Å². The second-order valence-corrected chi connectivity index (χ2v) is 6.20. The monoisotopic (exact) mass is 290 g/mol. The van der Waals surface area contributed by atoms with Crippen molar-refractivity contribution in [3.8, 4) is 0 Å². The van der Waals surface area contributed by atoms with Gasteiger partial charge in [0, 0.05) is 0 Å². The molecule has 0 bridgehead atoms. The van der Waals surface area contributed by atoms with Crippen molar-refractivity contribution in [3.05, 3.63) is 29.8 Å². The maximum atomic E-state index is 11.3. The third kappa shape index (κ3) is 3.69. The fourth-order valence-electron chi connectivity index (χ4n) is 1.52. The van der Waals surface area contributed by atoms with Gasteiger partial charge in [-0.3, -0.25) is 4.79 Å². The molecule has 7 heteroatoms. The molecule has 0 saturated carbocycles. The largest absolute Gasteiger partial charge is 0.346 e. The highest BCUT2D eigenvalue weighted by Gasteiger charge is 2.22. The number of amides is 1. The van der Waals surface area contributed by atoms with Crippen LogP contribution in [0.2, 0.25) is 0 Å². The second-order valence-electron chi connectivity index (χ2n) is 4.38. The number of alkyl halides is 1. The number of primary sulfonamides is 1. The fourth-order valence-corrected chi connectivity index (χ4v) is 2.10. The van der Waals surface area contributed by atoms with Crippen LogP contribution in [0.5, 0.6) is 0 Å². The Bertz CT molecular complexity index is 538. The van der Waals surface area contributed by atoms with E-state index in [1.807, 2.05) is 0 Å². The fraction of sp³-hybridized carbons (Fsp3) is 0.364. The van der Waals surface area contributed by atoms with Gasteiger partial charge in [-0.15, -0.1) is 11.6 Å². The number of carbonyl (C=O) groups excluding carboxylic acids is 1. The van der Waals surface area contributed by atoms with E-state index < -0.39 is 15.6 Å². The number of sulfonamides is 1. The molecule has 0 atom stereocenters. The van der Waals surface area contributed by atoms with E-state index in [9.17, 15) is 13.2 Å². The lowest BCUT2D eigenvalue weighted by atomic mass is 9.94. The molecule has 0 fully saturated rings. The third-order valence-corrected chi connectivity index (χ3v) is 3.65. The van der Waals surface area contributed by atoms with E-state index in [0.29, 0.717) is 0 Å². The molecular formula is C11H15ClN2O3S. The lowest BCUT2D eigenvalue weighted by Gasteiger charge is -2.26. The standard InChI is InChI=1S/C11H15ClN2O3S/c1-11(2,14-10(15)7-12)8-3-5-9(6-4-8)18(13,16)17/h3-6H,7H2,1-2H3,(H,14,15)(H2,13,16,17). The molecule has 0 aliphatic heterocycles. The molecule has 3 N–H and O–H groups in total. The zero-order chi connectivity index (χ0) is 14.0. The third-order valence-electron chi connectivity index (χ3n) is 2.48. The molecule has 1 amide bonds. The minimum absolute atomic E-state index is 0.0331. The Morgan fingerprint density at radius 2 is 1.83 bits per heavy atom. The molecule has 1 aromatic rings. The topological polar surface area (TPSA) is 89.3 Å². The van der Waals surface area contributed by atoms with Crippen LogP contribution in [0.1, 0.15) is 19.4 Å². The first-order valence-corrected chi connectivity index (χ1v) is 7.25. The molecule has 0 saturated heterocycles. The Hall–Kier alpha value is -1.11. The highest BCUT2D eigenvalue weighted by Crippen LogP contribution is 2.21. The van der Waals surface area contributed by atoms with Crippen LogP contribution in [0.15, 0.2) is 29.2 Å². The number of hydrogen-bond donors (Lipinski definition) is 2. The molecule has 0 radical (unpaired) electrons. The smallest absolute Gasteiger partial charge is 0.238 e. The summed E-state index contributed by atoms with van der Waals surface area (Å²) < 4.78 is 22.2. The van der Waals surface area contributed by atoms with E-state index in [1.54, 1.807) is 26.0 Å². The lowest BCUT2D eigenvalue weighted by Crippen LogP contribution is -2.41. The number of nitrogens with one attached hydrogen (secondary N) is 1. The number of halogens is 1. The lowest BCUT2D eigenvalue weighted by molar-refractivity contribution is -0.120. The van der Waals surface area contributed by atoms with E-state index in [1.165, 1.54) is 12.1 Å². The van der Waals surface area contributed by atoms with Crippen LogP contribution < -0.4 is 10.5 Å². The van der Waals surface area contributed by atoms with Gasteiger partial charge in [0.1, 0.15) is 5.88 Å². The van der Waals surface area contributed by atoms with Crippen molar-refractivity contribution in [2.24, 2.45) is 5.14 Å². The van der Waals surface area contributed by atoms with Crippen molar-refractivity contribution < 1.29 is 13.2 Å². The van der Waals surface area contributed by atoms with Crippen molar-refractivity contribution in [1.82, 2.24) is 5.32 Å². The van der Waals surface area contributed by atoms with Crippen LogP contribution in [-0.4, -0.2) is 20.2 Å². The Labute approximate surface area is 111 Å². The summed E-state index contributed by atoms with van der Waals surface area (Å²) in [5.74, 6) is -0.421. The number of rotatable bonds is 4. The molecule has 0 aliphatic rings. The molecule has 0 unspecified atom stereocenters. The van der Waals surface area contributed by atoms with Crippen molar-refractivity contribution in [3.63, 3.8) is 0 Å². The molecular weight excluding hydrogens is 276 g/mol. The average Bonchev–Trinajstić information content (AvgIpc) is 2.27. The van der Waals surface area contributed by atoms with E-state index in [4.69, 9.17) is 16.7 Å². The maximum Gasteiger partial charge on any atom is 0.238 e. The van der Waals surface area contributed by atoms with E-state index in [0.717, 1.165) is 5.56 Å². The first kappa shape index (κ1) is 14.9. The normalized spacial score (nSPS) is 12.2. The summed E-state index contributed by atoms with van der Waals surface area (Å²) in [5, 5.41) is 7.73. The summed E-state index contributed by atoms with van der Waals surface area (Å²) in [6, 6.07) is 6.01. The summed E-state index contributed by atoms with van der Waals surface area (Å²) in [4.78, 5) is 11.3. The van der Waals surface area contributed by atoms with E-state index in [-0.39, 0.29) is 16.7 Å². The summed E-state index contributed by atoms with van der Waals surface area (Å²) in [7, 11) is -3.70. The zero-order valence-electron chi connectivity index (χ0n) is 10.1. The Balaban J connectivity index is 3.01. The highest BCUT2D eigenvalue weighted by molar-refractivity contribution is 7.89. The second kappa shape index (κ2) is 5.26. The van der Waals surface area contributed by atoms with Gasteiger partial charge in [-0.05, 0) is 31.5 Å². The highest BCUT2D eigenvalue weighted by atomic mass is 35.5. The molecule has 0 heterocycles. The average molecular weight is 291 g/mol. The zero-order valence-corrected chi connectivity index (χ0v) is 11.7. The summed E-state index contributed by atoms with van der Waals surface area (Å²) in [6.45, 7) is 3.59. The van der Waals surface area contributed by atoms with Crippen molar-refractivity contribution >= 4 is 27.5 Å². The van der Waals surface area contributed by atoms with Crippen LogP contribution in [0, 0.1) is 0 Å². The van der Waals surface area contributed by atoms with Crippen molar-refractivity contribution in [2.75, 3.05) is 5.88 Å². The maximum absolute atomic E-state index is 11.3. The molecule has 0 aliphatic carbocycles. The SMILES string of the molecule is CC(C)(NC(=O)CCl)c1ccc(S(N)(=O)=O)cc1. The van der Waals surface area contributed by atoms with Gasteiger partial charge < -0.3 is 5.32 Å². The van der Waals surface area contributed by atoms with Gasteiger partial charge in [0.05, 0.1) is 10.4 Å². The molecule has 100 valence electrons. The quantitative estimate of drug-likeness (QED) is 0.808.